The maximum Gasteiger partial charge on any atom is 0.225 e. The van der Waals surface area contributed by atoms with Crippen LogP contribution in [-0.4, -0.2) is 17.5 Å². The number of nitrogens with one attached hydrogen (secondary N) is 1. The molecular weight excluding hydrogens is 200 g/mol. The third-order valence-corrected chi connectivity index (χ3v) is 4.63. The monoisotopic (exact) mass is 224 g/mol. The van der Waals surface area contributed by atoms with Crippen molar-refractivity contribution in [1.29, 1.82) is 0 Å². The van der Waals surface area contributed by atoms with Crippen molar-refractivity contribution in [2.24, 2.45) is 23.5 Å². The molecule has 3 nitrogen and oxygen atoms in total. The second-order valence-electron chi connectivity index (χ2n) is 6.16. The van der Waals surface area contributed by atoms with Crippen molar-refractivity contribution in [2.75, 3.05) is 0 Å². The summed E-state index contributed by atoms with van der Waals surface area (Å²) in [5.74, 6) is 1.41. The van der Waals surface area contributed by atoms with Gasteiger partial charge in [0, 0.05) is 11.6 Å². The van der Waals surface area contributed by atoms with Gasteiger partial charge in [-0.2, -0.15) is 0 Å². The van der Waals surface area contributed by atoms with E-state index in [9.17, 15) is 4.79 Å². The molecule has 2 rings (SSSR count). The van der Waals surface area contributed by atoms with Gasteiger partial charge in [0.25, 0.3) is 0 Å². The van der Waals surface area contributed by atoms with Crippen LogP contribution in [0, 0.1) is 17.8 Å². The summed E-state index contributed by atoms with van der Waals surface area (Å²) in [5.41, 5.74) is 6.07. The van der Waals surface area contributed by atoms with E-state index in [1.807, 2.05) is 0 Å². The molecule has 2 fully saturated rings. The number of hydrogen-bond donors (Lipinski definition) is 2. The standard InChI is InChI=1S/C13H24N2O/c1-4-13(2,3)15-12(16)10-8-5-6-9(7-8)11(10)14/h8-11H,4-7,14H2,1-3H3,(H,15,16). The van der Waals surface area contributed by atoms with E-state index >= 15 is 0 Å². The molecule has 16 heavy (non-hydrogen) atoms. The van der Waals surface area contributed by atoms with Gasteiger partial charge in [-0.1, -0.05) is 6.92 Å². The second kappa shape index (κ2) is 4.02. The van der Waals surface area contributed by atoms with Crippen LogP contribution in [0.4, 0.5) is 0 Å². The molecule has 0 aliphatic heterocycles. The third kappa shape index (κ3) is 1.97. The minimum Gasteiger partial charge on any atom is -0.351 e. The molecule has 2 saturated carbocycles. The Morgan fingerprint density at radius 2 is 2.00 bits per heavy atom. The van der Waals surface area contributed by atoms with E-state index in [1.54, 1.807) is 0 Å². The zero-order valence-corrected chi connectivity index (χ0v) is 10.6. The zero-order valence-electron chi connectivity index (χ0n) is 10.6. The van der Waals surface area contributed by atoms with E-state index in [0.717, 1.165) is 6.42 Å². The molecule has 0 radical (unpaired) electrons. The molecule has 2 aliphatic rings. The summed E-state index contributed by atoms with van der Waals surface area (Å²) in [6.45, 7) is 6.24. The SMILES string of the molecule is CCC(C)(C)NC(=O)C1C2CCC(C2)C1N. The van der Waals surface area contributed by atoms with E-state index in [1.165, 1.54) is 19.3 Å². The van der Waals surface area contributed by atoms with Crippen LogP contribution in [0.1, 0.15) is 46.5 Å². The molecule has 4 unspecified atom stereocenters. The van der Waals surface area contributed by atoms with Crippen LogP contribution in [0.2, 0.25) is 0 Å². The maximum absolute atomic E-state index is 12.2. The van der Waals surface area contributed by atoms with Crippen molar-refractivity contribution in [3.8, 4) is 0 Å². The molecule has 92 valence electrons. The summed E-state index contributed by atoms with van der Waals surface area (Å²) >= 11 is 0. The molecule has 2 aliphatic carbocycles. The second-order valence-corrected chi connectivity index (χ2v) is 6.16. The fraction of sp³-hybridized carbons (Fsp3) is 0.923. The van der Waals surface area contributed by atoms with Crippen molar-refractivity contribution >= 4 is 5.91 Å². The van der Waals surface area contributed by atoms with Gasteiger partial charge in [0.15, 0.2) is 0 Å². The average molecular weight is 224 g/mol. The fourth-order valence-electron chi connectivity index (χ4n) is 3.23. The minimum atomic E-state index is -0.0986. The molecular formula is C13H24N2O. The van der Waals surface area contributed by atoms with Crippen LogP contribution in [0.25, 0.3) is 0 Å². The highest BCUT2D eigenvalue weighted by molar-refractivity contribution is 5.81. The van der Waals surface area contributed by atoms with Crippen LogP contribution in [-0.2, 0) is 4.79 Å². The molecule has 0 spiro atoms. The first-order valence-electron chi connectivity index (χ1n) is 6.52. The van der Waals surface area contributed by atoms with Gasteiger partial charge in [-0.25, -0.2) is 0 Å². The molecule has 3 heteroatoms. The highest BCUT2D eigenvalue weighted by atomic mass is 16.2. The largest absolute Gasteiger partial charge is 0.351 e. The first-order chi connectivity index (χ1) is 7.44. The summed E-state index contributed by atoms with van der Waals surface area (Å²) in [7, 11) is 0. The number of rotatable bonds is 3. The van der Waals surface area contributed by atoms with E-state index in [-0.39, 0.29) is 23.4 Å². The highest BCUT2D eigenvalue weighted by Crippen LogP contribution is 2.47. The Morgan fingerprint density at radius 1 is 1.38 bits per heavy atom. The smallest absolute Gasteiger partial charge is 0.225 e. The molecule has 1 amide bonds. The average Bonchev–Trinajstić information content (AvgIpc) is 2.76. The molecule has 0 heterocycles. The van der Waals surface area contributed by atoms with Crippen LogP contribution in [0.5, 0.6) is 0 Å². The number of nitrogens with two attached hydrogens (primary N) is 1. The Balaban J connectivity index is 2.00. The van der Waals surface area contributed by atoms with Crippen molar-refractivity contribution in [3.05, 3.63) is 0 Å². The number of fused-ring (bicyclic) bond motifs is 2. The third-order valence-electron chi connectivity index (χ3n) is 4.63. The summed E-state index contributed by atoms with van der Waals surface area (Å²) in [5, 5.41) is 3.14. The van der Waals surface area contributed by atoms with Crippen molar-refractivity contribution in [1.82, 2.24) is 5.32 Å². The first-order valence-corrected chi connectivity index (χ1v) is 6.52. The van der Waals surface area contributed by atoms with Crippen molar-refractivity contribution in [2.45, 2.75) is 58.0 Å². The molecule has 0 aromatic carbocycles. The number of amides is 1. The van der Waals surface area contributed by atoms with E-state index in [2.05, 4.69) is 26.1 Å². The van der Waals surface area contributed by atoms with Crippen molar-refractivity contribution in [3.63, 3.8) is 0 Å². The lowest BCUT2D eigenvalue weighted by molar-refractivity contribution is -0.128. The van der Waals surface area contributed by atoms with Crippen LogP contribution in [0.15, 0.2) is 0 Å². The topological polar surface area (TPSA) is 55.1 Å². The summed E-state index contributed by atoms with van der Waals surface area (Å²) in [4.78, 5) is 12.2. The van der Waals surface area contributed by atoms with E-state index in [0.29, 0.717) is 11.8 Å². The van der Waals surface area contributed by atoms with Gasteiger partial charge in [-0.3, -0.25) is 4.79 Å². The Morgan fingerprint density at radius 3 is 2.50 bits per heavy atom. The van der Waals surface area contributed by atoms with Gasteiger partial charge in [0.2, 0.25) is 5.91 Å². The minimum absolute atomic E-state index is 0.0737. The molecule has 0 aromatic heterocycles. The zero-order chi connectivity index (χ0) is 11.9. The lowest BCUT2D eigenvalue weighted by Crippen LogP contribution is -2.51. The Kier molecular flexibility index (Phi) is 2.99. The summed E-state index contributed by atoms with van der Waals surface area (Å²) in [6, 6.07) is 0.103. The van der Waals surface area contributed by atoms with Gasteiger partial charge in [-0.15, -0.1) is 0 Å². The van der Waals surface area contributed by atoms with Crippen LogP contribution >= 0.6 is 0 Å². The van der Waals surface area contributed by atoms with Crippen LogP contribution in [0.3, 0.4) is 0 Å². The predicted molar refractivity (Wildman–Crippen MR) is 64.8 cm³/mol. The number of carbonyl (C=O) groups excluding carboxylic acids is 1. The predicted octanol–water partition coefficient (Wildman–Crippen LogP) is 1.66. The van der Waals surface area contributed by atoms with Gasteiger partial charge in [-0.05, 0) is 51.4 Å². The van der Waals surface area contributed by atoms with Crippen molar-refractivity contribution < 1.29 is 4.79 Å². The number of carbonyl (C=O) groups is 1. The molecule has 4 atom stereocenters. The van der Waals surface area contributed by atoms with Gasteiger partial charge >= 0.3 is 0 Å². The van der Waals surface area contributed by atoms with E-state index in [4.69, 9.17) is 5.73 Å². The first kappa shape index (κ1) is 11.9. The molecule has 3 N–H and O–H groups in total. The van der Waals surface area contributed by atoms with Crippen LogP contribution < -0.4 is 11.1 Å². The molecule has 0 saturated heterocycles. The highest BCUT2D eigenvalue weighted by Gasteiger charge is 2.49. The maximum atomic E-state index is 12.2. The van der Waals surface area contributed by atoms with E-state index < -0.39 is 0 Å². The Bertz CT molecular complexity index is 286. The lowest BCUT2D eigenvalue weighted by Gasteiger charge is -2.32. The quantitative estimate of drug-likeness (QED) is 0.766. The summed E-state index contributed by atoms with van der Waals surface area (Å²) in [6.07, 6.45) is 4.55. The Labute approximate surface area is 98.2 Å². The van der Waals surface area contributed by atoms with Gasteiger partial charge < -0.3 is 11.1 Å². The normalized spacial score (nSPS) is 37.8. The molecule has 0 aromatic rings. The lowest BCUT2D eigenvalue weighted by atomic mass is 9.83. The van der Waals surface area contributed by atoms with Gasteiger partial charge in [0.1, 0.15) is 0 Å². The molecule has 2 bridgehead atoms. The summed E-state index contributed by atoms with van der Waals surface area (Å²) < 4.78 is 0. The van der Waals surface area contributed by atoms with Gasteiger partial charge in [0.05, 0.1) is 5.92 Å². The Hall–Kier alpha value is -0.570. The number of hydrogen-bond acceptors (Lipinski definition) is 2. The fourth-order valence-corrected chi connectivity index (χ4v) is 3.23.